The van der Waals surface area contributed by atoms with E-state index in [0.29, 0.717) is 24.2 Å². The van der Waals surface area contributed by atoms with Crippen molar-refractivity contribution in [1.29, 1.82) is 0 Å². The summed E-state index contributed by atoms with van der Waals surface area (Å²) in [4.78, 5) is 23.6. The van der Waals surface area contributed by atoms with Crippen molar-refractivity contribution in [1.82, 2.24) is 5.32 Å². The van der Waals surface area contributed by atoms with E-state index in [9.17, 15) is 14.9 Å². The fourth-order valence-corrected chi connectivity index (χ4v) is 3.34. The minimum Gasteiger partial charge on any atom is -0.493 e. The van der Waals surface area contributed by atoms with E-state index >= 15 is 0 Å². The monoisotopic (exact) mass is 350 g/mol. The first-order chi connectivity index (χ1) is 11.9. The van der Waals surface area contributed by atoms with Crippen molar-refractivity contribution < 1.29 is 19.2 Å². The second-order valence-electron chi connectivity index (χ2n) is 6.56. The maximum absolute atomic E-state index is 12.7. The summed E-state index contributed by atoms with van der Waals surface area (Å²) in [7, 11) is 1.44. The first kappa shape index (κ1) is 19.0. The second-order valence-corrected chi connectivity index (χ2v) is 6.56. The third-order valence-electron chi connectivity index (χ3n) is 5.05. The number of nitro groups is 1. The number of benzene rings is 1. The molecule has 0 unspecified atom stereocenters. The molecule has 25 heavy (non-hydrogen) atoms. The molecule has 1 fully saturated rings. The van der Waals surface area contributed by atoms with Crippen LogP contribution in [0.3, 0.4) is 0 Å². The number of rotatable bonds is 6. The highest BCUT2D eigenvalue weighted by molar-refractivity contribution is 5.99. The van der Waals surface area contributed by atoms with Gasteiger partial charge in [0.2, 0.25) is 0 Å². The highest BCUT2D eigenvalue weighted by Crippen LogP contribution is 2.35. The average molecular weight is 350 g/mol. The van der Waals surface area contributed by atoms with Gasteiger partial charge in [0.1, 0.15) is 5.56 Å². The molecule has 7 nitrogen and oxygen atoms in total. The maximum atomic E-state index is 12.7. The summed E-state index contributed by atoms with van der Waals surface area (Å²) in [6.07, 6.45) is 3.08. The normalized spacial score (nSPS) is 23.0. The third kappa shape index (κ3) is 4.21. The van der Waals surface area contributed by atoms with Crippen LogP contribution in [-0.2, 0) is 0 Å². The SMILES string of the molecule is CCOc1cc([N+](=O)[O-])c(C(=O)N[C@@H]2CCC[C@H](C)[C@@H]2C)cc1OC. The fourth-order valence-electron chi connectivity index (χ4n) is 3.34. The van der Waals surface area contributed by atoms with Crippen LogP contribution in [0.1, 0.15) is 50.4 Å². The van der Waals surface area contributed by atoms with Crippen molar-refractivity contribution in [3.05, 3.63) is 27.8 Å². The maximum Gasteiger partial charge on any atom is 0.286 e. The topological polar surface area (TPSA) is 90.7 Å². The number of nitrogens with one attached hydrogen (secondary N) is 1. The molecule has 0 bridgehead atoms. The predicted octanol–water partition coefficient (Wildman–Crippen LogP) is 3.56. The summed E-state index contributed by atoms with van der Waals surface area (Å²) < 4.78 is 10.6. The smallest absolute Gasteiger partial charge is 0.286 e. The average Bonchev–Trinajstić information content (AvgIpc) is 2.58. The number of amides is 1. The van der Waals surface area contributed by atoms with Gasteiger partial charge in [-0.25, -0.2) is 0 Å². The quantitative estimate of drug-likeness (QED) is 0.626. The van der Waals surface area contributed by atoms with E-state index in [2.05, 4.69) is 19.2 Å². The van der Waals surface area contributed by atoms with Crippen LogP contribution < -0.4 is 14.8 Å². The van der Waals surface area contributed by atoms with E-state index in [1.807, 2.05) is 0 Å². The summed E-state index contributed by atoms with van der Waals surface area (Å²) in [5.41, 5.74) is -0.283. The molecule has 0 heterocycles. The van der Waals surface area contributed by atoms with Crippen molar-refractivity contribution >= 4 is 11.6 Å². The molecule has 0 aromatic heterocycles. The van der Waals surface area contributed by atoms with Gasteiger partial charge in [-0.3, -0.25) is 14.9 Å². The molecule has 1 amide bonds. The standard InChI is InChI=1S/C18H26N2O5/c1-5-25-17-10-15(20(22)23)13(9-16(17)24-4)18(21)19-14-8-6-7-11(2)12(14)3/h9-12,14H,5-8H2,1-4H3,(H,19,21)/t11-,12-,14+/m0/s1. The molecular formula is C18H26N2O5. The van der Waals surface area contributed by atoms with Crippen LogP contribution in [0.5, 0.6) is 11.5 Å². The summed E-state index contributed by atoms with van der Waals surface area (Å²) in [6, 6.07) is 2.66. The van der Waals surface area contributed by atoms with Gasteiger partial charge < -0.3 is 14.8 Å². The van der Waals surface area contributed by atoms with Crippen LogP contribution in [-0.4, -0.2) is 30.6 Å². The summed E-state index contributed by atoms with van der Waals surface area (Å²) in [5.74, 6) is 0.972. The first-order valence-electron chi connectivity index (χ1n) is 8.69. The molecule has 3 atom stereocenters. The molecule has 0 spiro atoms. The Bertz CT molecular complexity index is 647. The highest BCUT2D eigenvalue weighted by Gasteiger charge is 2.31. The number of nitrogens with zero attached hydrogens (tertiary/aromatic N) is 1. The van der Waals surface area contributed by atoms with Gasteiger partial charge >= 0.3 is 0 Å². The number of carbonyl (C=O) groups is 1. The van der Waals surface area contributed by atoms with Crippen molar-refractivity contribution in [2.24, 2.45) is 11.8 Å². The zero-order valence-corrected chi connectivity index (χ0v) is 15.2. The lowest BCUT2D eigenvalue weighted by Gasteiger charge is -2.34. The Kier molecular flexibility index (Phi) is 6.22. The Balaban J connectivity index is 2.32. The number of nitro benzene ring substituents is 1. The minimum absolute atomic E-state index is 0.00395. The van der Waals surface area contributed by atoms with Gasteiger partial charge in [0.15, 0.2) is 11.5 Å². The molecule has 7 heteroatoms. The molecule has 1 aliphatic carbocycles. The van der Waals surface area contributed by atoms with Gasteiger partial charge in [0.25, 0.3) is 11.6 Å². The Hall–Kier alpha value is -2.31. The molecule has 0 radical (unpaired) electrons. The van der Waals surface area contributed by atoms with E-state index in [1.54, 1.807) is 6.92 Å². The number of methoxy groups -OCH3 is 1. The largest absolute Gasteiger partial charge is 0.493 e. The lowest BCUT2D eigenvalue weighted by atomic mass is 9.78. The van der Waals surface area contributed by atoms with Crippen molar-refractivity contribution in [3.63, 3.8) is 0 Å². The van der Waals surface area contributed by atoms with Gasteiger partial charge in [-0.05, 0) is 25.2 Å². The molecule has 1 aliphatic rings. The third-order valence-corrected chi connectivity index (χ3v) is 5.05. The summed E-state index contributed by atoms with van der Waals surface area (Å²) in [5, 5.41) is 14.4. The number of hydrogen-bond acceptors (Lipinski definition) is 5. The molecule has 1 aromatic rings. The van der Waals surface area contributed by atoms with Crippen LogP contribution in [0.25, 0.3) is 0 Å². The number of hydrogen-bond donors (Lipinski definition) is 1. The molecule has 138 valence electrons. The van der Waals surface area contributed by atoms with Crippen LogP contribution in [0, 0.1) is 22.0 Å². The van der Waals surface area contributed by atoms with E-state index in [1.165, 1.54) is 19.2 Å². The fraction of sp³-hybridized carbons (Fsp3) is 0.611. The second kappa shape index (κ2) is 8.18. The van der Waals surface area contributed by atoms with Crippen molar-refractivity contribution in [3.8, 4) is 11.5 Å². The summed E-state index contributed by atoms with van der Waals surface area (Å²) >= 11 is 0. The zero-order valence-electron chi connectivity index (χ0n) is 15.2. The Labute approximate surface area is 147 Å². The lowest BCUT2D eigenvalue weighted by molar-refractivity contribution is -0.385. The number of carbonyl (C=O) groups excluding carboxylic acids is 1. The molecule has 1 N–H and O–H groups in total. The van der Waals surface area contributed by atoms with E-state index in [-0.39, 0.29) is 23.0 Å². The van der Waals surface area contributed by atoms with Gasteiger partial charge in [-0.2, -0.15) is 0 Å². The van der Waals surface area contributed by atoms with E-state index < -0.39 is 10.8 Å². The summed E-state index contributed by atoms with van der Waals surface area (Å²) in [6.45, 7) is 6.40. The lowest BCUT2D eigenvalue weighted by Crippen LogP contribution is -2.43. The molecule has 1 saturated carbocycles. The van der Waals surface area contributed by atoms with Crippen LogP contribution in [0.15, 0.2) is 12.1 Å². The van der Waals surface area contributed by atoms with Gasteiger partial charge in [-0.15, -0.1) is 0 Å². The molecule has 0 saturated heterocycles. The van der Waals surface area contributed by atoms with Crippen LogP contribution in [0.4, 0.5) is 5.69 Å². The predicted molar refractivity (Wildman–Crippen MR) is 94.3 cm³/mol. The molecule has 1 aromatic carbocycles. The molecular weight excluding hydrogens is 324 g/mol. The molecule has 0 aliphatic heterocycles. The highest BCUT2D eigenvalue weighted by atomic mass is 16.6. The van der Waals surface area contributed by atoms with Crippen molar-refractivity contribution in [2.45, 2.75) is 46.1 Å². The van der Waals surface area contributed by atoms with Crippen LogP contribution >= 0.6 is 0 Å². The van der Waals surface area contributed by atoms with Crippen molar-refractivity contribution in [2.75, 3.05) is 13.7 Å². The number of ether oxygens (including phenoxy) is 2. The van der Waals surface area contributed by atoms with Gasteiger partial charge in [0.05, 0.1) is 24.7 Å². The van der Waals surface area contributed by atoms with E-state index in [0.717, 1.165) is 19.3 Å². The minimum atomic E-state index is -0.566. The van der Waals surface area contributed by atoms with Gasteiger partial charge in [0, 0.05) is 12.1 Å². The Morgan fingerprint density at radius 1 is 1.32 bits per heavy atom. The first-order valence-corrected chi connectivity index (χ1v) is 8.69. The van der Waals surface area contributed by atoms with E-state index in [4.69, 9.17) is 9.47 Å². The zero-order chi connectivity index (χ0) is 18.6. The molecule has 2 rings (SSSR count). The Morgan fingerprint density at radius 3 is 2.64 bits per heavy atom. The Morgan fingerprint density at radius 2 is 2.04 bits per heavy atom. The van der Waals surface area contributed by atoms with Crippen LogP contribution in [0.2, 0.25) is 0 Å². The van der Waals surface area contributed by atoms with Gasteiger partial charge in [-0.1, -0.05) is 26.7 Å².